The number of carbonyl (C=O) groups is 1. The van der Waals surface area contributed by atoms with Crippen LogP contribution in [0.3, 0.4) is 0 Å². The van der Waals surface area contributed by atoms with Gasteiger partial charge in [0.05, 0.1) is 12.2 Å². The minimum atomic E-state index is -0.379. The first-order valence-electron chi connectivity index (χ1n) is 9.26. The second-order valence-corrected chi connectivity index (χ2v) is 9.08. The molecule has 4 saturated carbocycles. The number of Topliss-reactive ketones (excluding diaryl/α,β-unsaturated/α-hetero) is 1. The summed E-state index contributed by atoms with van der Waals surface area (Å²) in [6.07, 6.45) is 6.93. The molecule has 0 spiro atoms. The van der Waals surface area contributed by atoms with Gasteiger partial charge in [-0.3, -0.25) is 4.79 Å². The van der Waals surface area contributed by atoms with E-state index in [1.165, 1.54) is 6.42 Å². The first-order valence-corrected chi connectivity index (χ1v) is 9.26. The van der Waals surface area contributed by atoms with Gasteiger partial charge in [-0.05, 0) is 74.0 Å². The molecule has 4 fully saturated rings. The van der Waals surface area contributed by atoms with Crippen LogP contribution in [-0.2, 0) is 4.79 Å². The molecule has 2 N–H and O–H groups in total. The van der Waals surface area contributed by atoms with E-state index in [4.69, 9.17) is 0 Å². The zero-order valence-corrected chi connectivity index (χ0v) is 13.9. The van der Waals surface area contributed by atoms with Gasteiger partial charge in [-0.1, -0.05) is 13.8 Å². The molecule has 0 aromatic carbocycles. The van der Waals surface area contributed by atoms with Crippen LogP contribution in [0.2, 0.25) is 0 Å². The first-order chi connectivity index (χ1) is 10.4. The fourth-order valence-electron chi connectivity index (χ4n) is 7.07. The number of hydrogen-bond acceptors (Lipinski definition) is 3. The molecular weight excluding hydrogens is 276 g/mol. The minimum absolute atomic E-state index is 0.0465. The molecule has 22 heavy (non-hydrogen) atoms. The number of rotatable bonds is 0. The molecule has 0 aromatic heterocycles. The fraction of sp³-hybridized carbons (Fsp3) is 0.947. The molecule has 4 rings (SSSR count). The van der Waals surface area contributed by atoms with Gasteiger partial charge >= 0.3 is 0 Å². The molecule has 4 aliphatic rings. The van der Waals surface area contributed by atoms with E-state index in [0.29, 0.717) is 35.9 Å². The lowest BCUT2D eigenvalue weighted by Crippen LogP contribution is -2.59. The topological polar surface area (TPSA) is 57.5 Å². The van der Waals surface area contributed by atoms with Gasteiger partial charge in [0.1, 0.15) is 5.78 Å². The maximum Gasteiger partial charge on any atom is 0.139 e. The lowest BCUT2D eigenvalue weighted by molar-refractivity contribution is -0.179. The summed E-state index contributed by atoms with van der Waals surface area (Å²) >= 11 is 0. The third-order valence-corrected chi connectivity index (χ3v) is 8.44. The highest BCUT2D eigenvalue weighted by atomic mass is 16.3. The van der Waals surface area contributed by atoms with Crippen LogP contribution in [0, 0.1) is 34.5 Å². The molecule has 0 aromatic rings. The number of fused-ring (bicyclic) bond motifs is 5. The molecule has 0 saturated heterocycles. The smallest absolute Gasteiger partial charge is 0.139 e. The number of carbonyl (C=O) groups excluding carboxylic acids is 1. The average molecular weight is 306 g/mol. The first kappa shape index (κ1) is 15.1. The maximum absolute atomic E-state index is 12.4. The summed E-state index contributed by atoms with van der Waals surface area (Å²) in [6, 6.07) is 0. The van der Waals surface area contributed by atoms with E-state index in [-0.39, 0.29) is 23.0 Å². The van der Waals surface area contributed by atoms with Crippen molar-refractivity contribution in [2.45, 2.75) is 77.4 Å². The maximum atomic E-state index is 12.4. The predicted octanol–water partition coefficient (Wildman–Crippen LogP) is 2.93. The van der Waals surface area contributed by atoms with Crippen molar-refractivity contribution in [1.82, 2.24) is 0 Å². The van der Waals surface area contributed by atoms with Crippen LogP contribution in [0.1, 0.15) is 65.2 Å². The standard InChI is InChI=1S/C19H30O3/c1-18-8-7-15-13(14(18)5-6-16(18)21)4-3-11-9-12(20)10-17(22)19(11,15)2/h11-15,17,20,22H,3-10H2,1-2H3/t11?,12-,13-,14-,15-,17?,18-,19-/m0/s1. The quantitative estimate of drug-likeness (QED) is 0.723. The fourth-order valence-corrected chi connectivity index (χ4v) is 7.07. The zero-order valence-electron chi connectivity index (χ0n) is 13.9. The Hall–Kier alpha value is -0.410. The molecule has 2 unspecified atom stereocenters. The van der Waals surface area contributed by atoms with Gasteiger partial charge in [0.2, 0.25) is 0 Å². The Morgan fingerprint density at radius 3 is 2.55 bits per heavy atom. The summed E-state index contributed by atoms with van der Waals surface area (Å²) in [5, 5.41) is 20.9. The molecule has 3 nitrogen and oxygen atoms in total. The van der Waals surface area contributed by atoms with Gasteiger partial charge in [-0.25, -0.2) is 0 Å². The Kier molecular flexibility index (Phi) is 3.30. The Morgan fingerprint density at radius 2 is 1.77 bits per heavy atom. The molecular formula is C19H30O3. The summed E-state index contributed by atoms with van der Waals surface area (Å²) in [5.74, 6) is 2.63. The second-order valence-electron chi connectivity index (χ2n) is 9.08. The number of hydrogen-bond donors (Lipinski definition) is 2. The van der Waals surface area contributed by atoms with Crippen molar-refractivity contribution < 1.29 is 15.0 Å². The van der Waals surface area contributed by atoms with E-state index < -0.39 is 0 Å². The van der Waals surface area contributed by atoms with Gasteiger partial charge in [0.15, 0.2) is 0 Å². The highest BCUT2D eigenvalue weighted by Crippen LogP contribution is 2.65. The van der Waals surface area contributed by atoms with E-state index in [1.54, 1.807) is 0 Å². The van der Waals surface area contributed by atoms with Crippen LogP contribution in [0.5, 0.6) is 0 Å². The number of ketones is 1. The van der Waals surface area contributed by atoms with Crippen LogP contribution >= 0.6 is 0 Å². The number of aliphatic hydroxyl groups excluding tert-OH is 2. The van der Waals surface area contributed by atoms with Gasteiger partial charge in [0.25, 0.3) is 0 Å². The summed E-state index contributed by atoms with van der Waals surface area (Å²) < 4.78 is 0. The van der Waals surface area contributed by atoms with Crippen molar-refractivity contribution in [3.63, 3.8) is 0 Å². The zero-order chi connectivity index (χ0) is 15.7. The van der Waals surface area contributed by atoms with Gasteiger partial charge in [-0.2, -0.15) is 0 Å². The summed E-state index contributed by atoms with van der Waals surface area (Å²) in [6.45, 7) is 4.49. The van der Waals surface area contributed by atoms with E-state index >= 15 is 0 Å². The Balaban J connectivity index is 1.67. The van der Waals surface area contributed by atoms with Crippen LogP contribution in [0.4, 0.5) is 0 Å². The van der Waals surface area contributed by atoms with E-state index in [2.05, 4.69) is 13.8 Å². The second kappa shape index (κ2) is 4.80. The molecule has 0 aliphatic heterocycles. The van der Waals surface area contributed by atoms with Crippen LogP contribution in [0.15, 0.2) is 0 Å². The van der Waals surface area contributed by atoms with E-state index in [9.17, 15) is 15.0 Å². The molecule has 124 valence electrons. The minimum Gasteiger partial charge on any atom is -0.393 e. The van der Waals surface area contributed by atoms with E-state index in [1.807, 2.05) is 0 Å². The Labute approximate surface area is 133 Å². The lowest BCUT2D eigenvalue weighted by atomic mass is 9.44. The molecule has 0 heterocycles. The Bertz CT molecular complexity index is 489. The number of aliphatic hydroxyl groups is 2. The van der Waals surface area contributed by atoms with E-state index in [0.717, 1.165) is 38.5 Å². The summed E-state index contributed by atoms with van der Waals surface area (Å²) in [5.41, 5.74) is -0.126. The van der Waals surface area contributed by atoms with Crippen molar-refractivity contribution in [3.8, 4) is 0 Å². The van der Waals surface area contributed by atoms with Crippen molar-refractivity contribution in [3.05, 3.63) is 0 Å². The SMILES string of the molecule is C[C@]12C(O)C[C@@H](O)CC1CC[C@@H]1[C@@H]2CC[C@]2(C)C(=O)CC[C@@H]12. The Morgan fingerprint density at radius 1 is 1.00 bits per heavy atom. The van der Waals surface area contributed by atoms with Crippen molar-refractivity contribution >= 4 is 5.78 Å². The molecule has 8 atom stereocenters. The van der Waals surface area contributed by atoms with Gasteiger partial charge in [0, 0.05) is 11.8 Å². The van der Waals surface area contributed by atoms with Crippen LogP contribution < -0.4 is 0 Å². The lowest BCUT2D eigenvalue weighted by Gasteiger charge is -2.61. The van der Waals surface area contributed by atoms with Crippen molar-refractivity contribution in [2.24, 2.45) is 34.5 Å². The van der Waals surface area contributed by atoms with Gasteiger partial charge in [-0.15, -0.1) is 0 Å². The highest BCUT2D eigenvalue weighted by Gasteiger charge is 2.62. The van der Waals surface area contributed by atoms with Crippen molar-refractivity contribution in [2.75, 3.05) is 0 Å². The largest absolute Gasteiger partial charge is 0.393 e. The molecule has 0 radical (unpaired) electrons. The van der Waals surface area contributed by atoms with Crippen LogP contribution in [0.25, 0.3) is 0 Å². The highest BCUT2D eigenvalue weighted by molar-refractivity contribution is 5.87. The average Bonchev–Trinajstić information content (AvgIpc) is 2.77. The molecule has 0 bridgehead atoms. The third kappa shape index (κ3) is 1.78. The van der Waals surface area contributed by atoms with Gasteiger partial charge < -0.3 is 10.2 Å². The summed E-state index contributed by atoms with van der Waals surface area (Å²) in [4.78, 5) is 12.4. The molecule has 0 amide bonds. The van der Waals surface area contributed by atoms with Crippen LogP contribution in [-0.4, -0.2) is 28.2 Å². The normalized spacial score (nSPS) is 57.9. The third-order valence-electron chi connectivity index (χ3n) is 8.44. The van der Waals surface area contributed by atoms with Crippen molar-refractivity contribution in [1.29, 1.82) is 0 Å². The summed E-state index contributed by atoms with van der Waals surface area (Å²) in [7, 11) is 0. The molecule has 4 aliphatic carbocycles. The predicted molar refractivity (Wildman–Crippen MR) is 84.1 cm³/mol. The molecule has 3 heteroatoms. The monoisotopic (exact) mass is 306 g/mol.